The van der Waals surface area contributed by atoms with Crippen LogP contribution in [0.5, 0.6) is 5.75 Å². The highest BCUT2D eigenvalue weighted by molar-refractivity contribution is 5.73. The lowest BCUT2D eigenvalue weighted by Crippen LogP contribution is -2.40. The molecule has 3 aromatic rings. The lowest BCUT2D eigenvalue weighted by Gasteiger charge is -2.35. The first-order valence-electron chi connectivity index (χ1n) is 14.5. The predicted molar refractivity (Wildman–Crippen MR) is 156 cm³/mol. The zero-order valence-corrected chi connectivity index (χ0v) is 24.6. The molecule has 13 heteroatoms. The number of hydrogen-bond donors (Lipinski definition) is 2. The fraction of sp³-hybridized carbons (Fsp3) is 0.452. The zero-order chi connectivity index (χ0) is 31.9. The van der Waals surface area contributed by atoms with Gasteiger partial charge in [0.1, 0.15) is 11.9 Å². The Morgan fingerprint density at radius 2 is 1.75 bits per heavy atom. The van der Waals surface area contributed by atoms with Gasteiger partial charge in [-0.2, -0.15) is 13.2 Å². The maximum Gasteiger partial charge on any atom is 0.490 e. The monoisotopic (exact) mass is 621 g/mol. The van der Waals surface area contributed by atoms with Crippen molar-refractivity contribution in [2.45, 2.75) is 70.9 Å². The molecular formula is C31H36F5N5O3. The number of anilines is 2. The number of carboxylic acid groups (broad SMARTS) is 1. The van der Waals surface area contributed by atoms with Crippen molar-refractivity contribution >= 4 is 17.6 Å². The van der Waals surface area contributed by atoms with E-state index in [0.717, 1.165) is 87.5 Å². The number of aromatic nitrogens is 2. The van der Waals surface area contributed by atoms with Crippen LogP contribution in [0.25, 0.3) is 0 Å². The predicted octanol–water partition coefficient (Wildman–Crippen LogP) is 6.20. The molecule has 0 aliphatic carbocycles. The third-order valence-corrected chi connectivity index (χ3v) is 7.49. The molecule has 2 N–H and O–H groups in total. The third kappa shape index (κ3) is 9.01. The molecule has 0 spiro atoms. The summed E-state index contributed by atoms with van der Waals surface area (Å²) in [6.07, 6.45) is -1.90. The minimum Gasteiger partial charge on any atom is -0.487 e. The van der Waals surface area contributed by atoms with Crippen molar-refractivity contribution in [1.29, 1.82) is 0 Å². The van der Waals surface area contributed by atoms with Crippen LogP contribution < -0.4 is 15.0 Å². The number of ether oxygens (including phenoxy) is 1. The number of hydrogen-bond acceptors (Lipinski definition) is 7. The standard InChI is InChI=1S/C29H35F2N5O.C2HF3O2/c1-3-20(2)32-28-29(36-15-11-23(12-16-36)37-27-10-9-22(30)17-24(27)31)34-25-13-14-35(19-26(25)33-28)18-21-7-5-4-6-8-21;3-2(4,5)1(6)7/h4-10,17,20,23H,3,11-16,18-19H2,1-2H3,(H,32,33);(H,6,7)/t20-;/m1./s1. The number of rotatable bonds is 8. The number of piperidine rings is 1. The number of carbonyl (C=O) groups is 1. The number of halogens is 5. The Morgan fingerprint density at radius 1 is 1.07 bits per heavy atom. The van der Waals surface area contributed by atoms with Crippen LogP contribution in [0.1, 0.15) is 50.1 Å². The lowest BCUT2D eigenvalue weighted by atomic mass is 10.1. The Bertz CT molecular complexity index is 1400. The molecule has 2 aliphatic heterocycles. The Labute approximate surface area is 252 Å². The van der Waals surface area contributed by atoms with Crippen LogP contribution in [0.4, 0.5) is 33.6 Å². The average Bonchev–Trinajstić information content (AvgIpc) is 2.99. The van der Waals surface area contributed by atoms with E-state index in [1.54, 1.807) is 0 Å². The third-order valence-electron chi connectivity index (χ3n) is 7.49. The van der Waals surface area contributed by atoms with Gasteiger partial charge in [0.25, 0.3) is 0 Å². The van der Waals surface area contributed by atoms with Crippen molar-refractivity contribution < 1.29 is 36.6 Å². The quantitative estimate of drug-likeness (QED) is 0.287. The molecule has 0 unspecified atom stereocenters. The Morgan fingerprint density at radius 3 is 2.36 bits per heavy atom. The maximum atomic E-state index is 14.1. The first-order valence-corrected chi connectivity index (χ1v) is 14.5. The minimum atomic E-state index is -5.08. The molecule has 5 rings (SSSR count). The summed E-state index contributed by atoms with van der Waals surface area (Å²) < 4.78 is 64.9. The lowest BCUT2D eigenvalue weighted by molar-refractivity contribution is -0.192. The SMILES string of the molecule is CC[C@@H](C)Nc1nc2c(nc1N1CCC(Oc3ccc(F)cc3F)CC1)CCN(Cc1ccccc1)C2.O=C(O)C(F)(F)F. The Kier molecular flexibility index (Phi) is 11.0. The topological polar surface area (TPSA) is 90.8 Å². The number of carboxylic acids is 1. The molecule has 238 valence electrons. The number of nitrogens with zero attached hydrogens (tertiary/aromatic N) is 4. The van der Waals surface area contributed by atoms with Crippen LogP contribution in [-0.2, 0) is 24.3 Å². The molecule has 0 bridgehead atoms. The van der Waals surface area contributed by atoms with Gasteiger partial charge >= 0.3 is 12.1 Å². The van der Waals surface area contributed by atoms with Crippen molar-refractivity contribution in [3.05, 3.63) is 77.1 Å². The molecule has 1 atom stereocenters. The summed E-state index contributed by atoms with van der Waals surface area (Å²) in [5, 5.41) is 10.7. The summed E-state index contributed by atoms with van der Waals surface area (Å²) in [4.78, 5) is 23.8. The first kappa shape index (κ1) is 32.9. The van der Waals surface area contributed by atoms with Crippen molar-refractivity contribution in [1.82, 2.24) is 14.9 Å². The van der Waals surface area contributed by atoms with E-state index in [0.29, 0.717) is 0 Å². The number of fused-ring (bicyclic) bond motifs is 1. The fourth-order valence-corrected chi connectivity index (χ4v) is 4.94. The number of aliphatic carboxylic acids is 1. The molecule has 3 heterocycles. The van der Waals surface area contributed by atoms with Crippen molar-refractivity contribution in [2.24, 2.45) is 0 Å². The van der Waals surface area contributed by atoms with E-state index in [9.17, 15) is 22.0 Å². The van der Waals surface area contributed by atoms with E-state index < -0.39 is 23.8 Å². The van der Waals surface area contributed by atoms with Gasteiger partial charge in [-0.05, 0) is 31.0 Å². The molecule has 1 fully saturated rings. The normalized spacial score (nSPS) is 16.4. The van der Waals surface area contributed by atoms with E-state index in [-0.39, 0.29) is 17.9 Å². The van der Waals surface area contributed by atoms with Crippen molar-refractivity contribution in [3.8, 4) is 5.75 Å². The molecule has 2 aromatic carbocycles. The van der Waals surface area contributed by atoms with Crippen LogP contribution in [0.3, 0.4) is 0 Å². The van der Waals surface area contributed by atoms with Gasteiger partial charge in [-0.1, -0.05) is 37.3 Å². The summed E-state index contributed by atoms with van der Waals surface area (Å²) in [5.74, 6) is -2.19. The van der Waals surface area contributed by atoms with Crippen LogP contribution in [0, 0.1) is 11.6 Å². The number of nitrogens with one attached hydrogen (secondary N) is 1. The largest absolute Gasteiger partial charge is 0.490 e. The Hall–Kier alpha value is -4.00. The highest BCUT2D eigenvalue weighted by atomic mass is 19.4. The highest BCUT2D eigenvalue weighted by Gasteiger charge is 2.38. The molecule has 2 aliphatic rings. The first-order chi connectivity index (χ1) is 20.9. The summed E-state index contributed by atoms with van der Waals surface area (Å²) in [6.45, 7) is 8.41. The van der Waals surface area contributed by atoms with Gasteiger partial charge in [0.05, 0.1) is 11.4 Å². The van der Waals surface area contributed by atoms with Gasteiger partial charge < -0.3 is 20.1 Å². The van der Waals surface area contributed by atoms with E-state index in [1.165, 1.54) is 17.7 Å². The van der Waals surface area contributed by atoms with Crippen LogP contribution >= 0.6 is 0 Å². The Balaban J connectivity index is 0.000000566. The van der Waals surface area contributed by atoms with Crippen LogP contribution in [0.15, 0.2) is 48.5 Å². The smallest absolute Gasteiger partial charge is 0.487 e. The summed E-state index contributed by atoms with van der Waals surface area (Å²) in [7, 11) is 0. The molecule has 8 nitrogen and oxygen atoms in total. The summed E-state index contributed by atoms with van der Waals surface area (Å²) in [5.41, 5.74) is 3.42. The van der Waals surface area contributed by atoms with Gasteiger partial charge in [-0.3, -0.25) is 4.90 Å². The van der Waals surface area contributed by atoms with Crippen molar-refractivity contribution in [2.75, 3.05) is 29.9 Å². The van der Waals surface area contributed by atoms with Crippen molar-refractivity contribution in [3.63, 3.8) is 0 Å². The number of alkyl halides is 3. The molecule has 1 saturated heterocycles. The number of benzene rings is 2. The van der Waals surface area contributed by atoms with E-state index in [4.69, 9.17) is 24.6 Å². The second-order valence-electron chi connectivity index (χ2n) is 10.9. The molecule has 0 amide bonds. The maximum absolute atomic E-state index is 14.1. The second-order valence-corrected chi connectivity index (χ2v) is 10.9. The molecular weight excluding hydrogens is 585 g/mol. The van der Waals surface area contributed by atoms with Gasteiger partial charge in [-0.25, -0.2) is 23.5 Å². The van der Waals surface area contributed by atoms with E-state index in [1.807, 2.05) is 6.07 Å². The zero-order valence-electron chi connectivity index (χ0n) is 24.6. The highest BCUT2D eigenvalue weighted by Crippen LogP contribution is 2.31. The molecule has 0 radical (unpaired) electrons. The molecule has 1 aromatic heterocycles. The van der Waals surface area contributed by atoms with Gasteiger partial charge in [-0.15, -0.1) is 0 Å². The van der Waals surface area contributed by atoms with Gasteiger partial charge in [0.2, 0.25) is 0 Å². The van der Waals surface area contributed by atoms with Gasteiger partial charge in [0.15, 0.2) is 23.2 Å². The fourth-order valence-electron chi connectivity index (χ4n) is 4.94. The average molecular weight is 622 g/mol. The second kappa shape index (κ2) is 14.7. The van der Waals surface area contributed by atoms with E-state index >= 15 is 0 Å². The van der Waals surface area contributed by atoms with Crippen LogP contribution in [-0.4, -0.2) is 63.9 Å². The minimum absolute atomic E-state index is 0.104. The summed E-state index contributed by atoms with van der Waals surface area (Å²) >= 11 is 0. The molecule has 0 saturated carbocycles. The molecule has 44 heavy (non-hydrogen) atoms. The van der Waals surface area contributed by atoms with E-state index in [2.05, 4.69) is 53.2 Å². The van der Waals surface area contributed by atoms with Crippen LogP contribution in [0.2, 0.25) is 0 Å². The van der Waals surface area contributed by atoms with Gasteiger partial charge in [0, 0.05) is 64.1 Å². The summed E-state index contributed by atoms with van der Waals surface area (Å²) in [6, 6.07) is 14.3.